The van der Waals surface area contributed by atoms with Crippen LogP contribution in [0, 0.1) is 0 Å². The molecule has 20 heavy (non-hydrogen) atoms. The van der Waals surface area contributed by atoms with Crippen molar-refractivity contribution in [2.75, 3.05) is 6.54 Å². The molecule has 0 spiro atoms. The third kappa shape index (κ3) is 3.51. The van der Waals surface area contributed by atoms with Gasteiger partial charge in [-0.05, 0) is 49.3 Å². The van der Waals surface area contributed by atoms with Gasteiger partial charge in [0, 0.05) is 6.04 Å². The van der Waals surface area contributed by atoms with Gasteiger partial charge in [0.15, 0.2) is 0 Å². The lowest BCUT2D eigenvalue weighted by Crippen LogP contribution is -2.39. The summed E-state index contributed by atoms with van der Waals surface area (Å²) in [7, 11) is 0. The van der Waals surface area contributed by atoms with Crippen LogP contribution in [-0.2, 0) is 12.8 Å². The maximum absolute atomic E-state index is 12.9. The van der Waals surface area contributed by atoms with Gasteiger partial charge in [0.05, 0.1) is 6.54 Å². The highest BCUT2D eigenvalue weighted by Crippen LogP contribution is 2.26. The van der Waals surface area contributed by atoms with Crippen LogP contribution in [0.25, 0.3) is 0 Å². The zero-order valence-electron chi connectivity index (χ0n) is 11.4. The summed E-state index contributed by atoms with van der Waals surface area (Å²) in [4.78, 5) is 0. The number of nitrogens with one attached hydrogen (secondary N) is 1. The van der Waals surface area contributed by atoms with E-state index in [4.69, 9.17) is 0 Å². The van der Waals surface area contributed by atoms with E-state index < -0.39 is 18.9 Å². The molecule has 1 aliphatic carbocycles. The minimum Gasteiger partial charge on any atom is -0.304 e. The predicted octanol–water partition coefficient (Wildman–Crippen LogP) is 4.12. The van der Waals surface area contributed by atoms with Crippen molar-refractivity contribution in [3.63, 3.8) is 0 Å². The van der Waals surface area contributed by atoms with Crippen molar-refractivity contribution >= 4 is 0 Å². The fourth-order valence-electron chi connectivity index (χ4n) is 2.51. The molecule has 1 aliphatic rings. The average molecular weight is 289 g/mol. The molecule has 0 saturated carbocycles. The van der Waals surface area contributed by atoms with Crippen LogP contribution in [0.3, 0.4) is 0 Å². The number of benzene rings is 1. The Bertz CT molecular complexity index is 459. The van der Waals surface area contributed by atoms with Gasteiger partial charge >= 0.3 is 12.3 Å². The van der Waals surface area contributed by atoms with Crippen LogP contribution in [0.1, 0.15) is 42.5 Å². The van der Waals surface area contributed by atoms with Gasteiger partial charge < -0.3 is 5.32 Å². The summed E-state index contributed by atoms with van der Waals surface area (Å²) in [5.41, 5.74) is 3.43. The number of halogens is 4. The fourth-order valence-corrected chi connectivity index (χ4v) is 2.51. The third-order valence-corrected chi connectivity index (χ3v) is 3.84. The molecular formula is C15H19F4N. The Balaban J connectivity index is 2.01. The number of hydrogen-bond acceptors (Lipinski definition) is 1. The maximum atomic E-state index is 12.9. The Kier molecular flexibility index (Phi) is 4.68. The van der Waals surface area contributed by atoms with Crippen molar-refractivity contribution in [3.05, 3.63) is 34.9 Å². The number of fused-ring (bicyclic) bond motifs is 1. The van der Waals surface area contributed by atoms with E-state index in [-0.39, 0.29) is 6.04 Å². The van der Waals surface area contributed by atoms with Crippen LogP contribution < -0.4 is 5.32 Å². The SMILES string of the molecule is CC(NCC(F)(F)C(F)F)c1ccc2c(c1)CCCC2. The highest BCUT2D eigenvalue weighted by atomic mass is 19.3. The molecule has 112 valence electrons. The molecule has 0 radical (unpaired) electrons. The summed E-state index contributed by atoms with van der Waals surface area (Å²) in [6.07, 6.45) is 0.748. The van der Waals surface area contributed by atoms with Crippen LogP contribution in [0.4, 0.5) is 17.6 Å². The van der Waals surface area contributed by atoms with Crippen LogP contribution in [0.2, 0.25) is 0 Å². The fraction of sp³-hybridized carbons (Fsp3) is 0.600. The molecule has 1 nitrogen and oxygen atoms in total. The van der Waals surface area contributed by atoms with Crippen molar-refractivity contribution in [1.29, 1.82) is 0 Å². The van der Waals surface area contributed by atoms with Gasteiger partial charge in [-0.15, -0.1) is 0 Å². The Hall–Kier alpha value is -1.10. The topological polar surface area (TPSA) is 12.0 Å². The first-order chi connectivity index (χ1) is 9.40. The number of rotatable bonds is 5. The number of alkyl halides is 4. The second-order valence-corrected chi connectivity index (χ2v) is 5.40. The standard InChI is InChI=1S/C15H19F4N/c1-10(20-9-15(18,19)14(16)17)12-7-6-11-4-2-3-5-13(11)8-12/h6-8,10,14,20H,2-5,9H2,1H3. The van der Waals surface area contributed by atoms with Crippen molar-refractivity contribution in [3.8, 4) is 0 Å². The summed E-state index contributed by atoms with van der Waals surface area (Å²) >= 11 is 0. The molecule has 0 amide bonds. The van der Waals surface area contributed by atoms with Gasteiger partial charge in [-0.1, -0.05) is 18.2 Å². The summed E-state index contributed by atoms with van der Waals surface area (Å²) in [6, 6.07) is 5.55. The van der Waals surface area contributed by atoms with E-state index in [1.54, 1.807) is 6.92 Å². The van der Waals surface area contributed by atoms with Crippen LogP contribution in [-0.4, -0.2) is 18.9 Å². The van der Waals surface area contributed by atoms with E-state index in [1.165, 1.54) is 17.5 Å². The van der Waals surface area contributed by atoms with E-state index in [2.05, 4.69) is 5.32 Å². The van der Waals surface area contributed by atoms with Gasteiger partial charge in [-0.25, -0.2) is 8.78 Å². The summed E-state index contributed by atoms with van der Waals surface area (Å²) in [5, 5.41) is 2.50. The molecule has 5 heteroatoms. The Morgan fingerprint density at radius 1 is 1.15 bits per heavy atom. The minimum atomic E-state index is -3.98. The highest BCUT2D eigenvalue weighted by molar-refractivity contribution is 5.35. The van der Waals surface area contributed by atoms with Gasteiger partial charge in [0.1, 0.15) is 0 Å². The summed E-state index contributed by atoms with van der Waals surface area (Å²) < 4.78 is 50.0. The minimum absolute atomic E-state index is 0.369. The molecule has 0 saturated heterocycles. The molecule has 1 atom stereocenters. The zero-order chi connectivity index (χ0) is 14.8. The molecule has 1 aromatic rings. The first kappa shape index (κ1) is 15.3. The zero-order valence-corrected chi connectivity index (χ0v) is 11.4. The Morgan fingerprint density at radius 2 is 1.80 bits per heavy atom. The van der Waals surface area contributed by atoms with Gasteiger partial charge in [-0.3, -0.25) is 0 Å². The number of hydrogen-bond donors (Lipinski definition) is 1. The molecule has 0 heterocycles. The first-order valence-corrected chi connectivity index (χ1v) is 6.91. The van der Waals surface area contributed by atoms with Crippen molar-refractivity contribution in [1.82, 2.24) is 5.32 Å². The lowest BCUT2D eigenvalue weighted by molar-refractivity contribution is -0.126. The molecular weight excluding hydrogens is 270 g/mol. The molecule has 0 aromatic heterocycles. The summed E-state index contributed by atoms with van der Waals surface area (Å²) in [5.74, 6) is -3.98. The Morgan fingerprint density at radius 3 is 2.45 bits per heavy atom. The van der Waals surface area contributed by atoms with Crippen molar-refractivity contribution in [2.45, 2.75) is 51.0 Å². The molecule has 1 N–H and O–H groups in total. The van der Waals surface area contributed by atoms with Gasteiger partial charge in [-0.2, -0.15) is 8.78 Å². The van der Waals surface area contributed by atoms with Crippen LogP contribution in [0.15, 0.2) is 18.2 Å². The molecule has 0 aliphatic heterocycles. The average Bonchev–Trinajstić information content (AvgIpc) is 2.44. The van der Waals surface area contributed by atoms with Gasteiger partial charge in [0.2, 0.25) is 0 Å². The lowest BCUT2D eigenvalue weighted by Gasteiger charge is -2.22. The van der Waals surface area contributed by atoms with E-state index in [0.717, 1.165) is 24.8 Å². The Labute approximate surface area is 116 Å². The van der Waals surface area contributed by atoms with E-state index in [9.17, 15) is 17.6 Å². The van der Waals surface area contributed by atoms with Crippen LogP contribution in [0.5, 0.6) is 0 Å². The highest BCUT2D eigenvalue weighted by Gasteiger charge is 2.40. The van der Waals surface area contributed by atoms with E-state index in [1.807, 2.05) is 18.2 Å². The van der Waals surface area contributed by atoms with Crippen molar-refractivity contribution < 1.29 is 17.6 Å². The molecule has 2 rings (SSSR count). The third-order valence-electron chi connectivity index (χ3n) is 3.84. The largest absolute Gasteiger partial charge is 0.319 e. The van der Waals surface area contributed by atoms with Crippen molar-refractivity contribution in [2.24, 2.45) is 0 Å². The monoisotopic (exact) mass is 289 g/mol. The van der Waals surface area contributed by atoms with Crippen LogP contribution >= 0.6 is 0 Å². The van der Waals surface area contributed by atoms with Gasteiger partial charge in [0.25, 0.3) is 0 Å². The molecule has 0 bridgehead atoms. The smallest absolute Gasteiger partial charge is 0.304 e. The number of aryl methyl sites for hydroxylation is 2. The van der Waals surface area contributed by atoms with E-state index >= 15 is 0 Å². The maximum Gasteiger partial charge on any atom is 0.319 e. The second-order valence-electron chi connectivity index (χ2n) is 5.40. The molecule has 1 aromatic carbocycles. The van der Waals surface area contributed by atoms with E-state index in [0.29, 0.717) is 0 Å². The second kappa shape index (κ2) is 6.12. The molecule has 1 unspecified atom stereocenters. The first-order valence-electron chi connectivity index (χ1n) is 6.91. The normalized spacial score (nSPS) is 17.1. The lowest BCUT2D eigenvalue weighted by atomic mass is 9.89. The summed E-state index contributed by atoms with van der Waals surface area (Å²) in [6.45, 7) is 0.703. The predicted molar refractivity (Wildman–Crippen MR) is 70.5 cm³/mol. The quantitative estimate of drug-likeness (QED) is 0.804. The molecule has 0 fully saturated rings.